The summed E-state index contributed by atoms with van der Waals surface area (Å²) in [5, 5.41) is 9.09. The predicted octanol–water partition coefficient (Wildman–Crippen LogP) is -0.129. The van der Waals surface area contributed by atoms with Crippen LogP contribution >= 0.6 is 0 Å². The minimum atomic E-state index is -3.85. The molecular formula is C12H16NO6S2-. The second kappa shape index (κ2) is 8.23. The van der Waals surface area contributed by atoms with Crippen LogP contribution in [-0.2, 0) is 32.3 Å². The lowest BCUT2D eigenvalue weighted by atomic mass is 10.1. The number of nitrogens with one attached hydrogen (secondary N) is 1. The van der Waals surface area contributed by atoms with Gasteiger partial charge in [0.15, 0.2) is 0 Å². The molecule has 0 fully saturated rings. The fourth-order valence-electron chi connectivity index (χ4n) is 1.67. The summed E-state index contributed by atoms with van der Waals surface area (Å²) in [5.41, 5.74) is 0.688. The Hall–Kier alpha value is -1.29. The number of carboxylic acid groups (broad SMARTS) is 1. The molecule has 2 N–H and O–H groups in total. The molecule has 7 nitrogen and oxygen atoms in total. The molecule has 1 aromatic rings. The van der Waals surface area contributed by atoms with Crippen LogP contribution in [0.4, 0.5) is 0 Å². The lowest BCUT2D eigenvalue weighted by molar-refractivity contribution is -0.138. The first-order chi connectivity index (χ1) is 9.80. The van der Waals surface area contributed by atoms with E-state index in [-0.39, 0.29) is 18.6 Å². The first-order valence-electron chi connectivity index (χ1n) is 6.13. The van der Waals surface area contributed by atoms with E-state index >= 15 is 0 Å². The Morgan fingerprint density at radius 2 is 1.95 bits per heavy atom. The summed E-state index contributed by atoms with van der Waals surface area (Å²) in [6.45, 7) is 0. The normalized spacial score (nSPS) is 14.5. The van der Waals surface area contributed by atoms with Gasteiger partial charge < -0.3 is 9.66 Å². The van der Waals surface area contributed by atoms with Gasteiger partial charge in [0, 0.05) is 5.75 Å². The van der Waals surface area contributed by atoms with E-state index in [1.54, 1.807) is 30.3 Å². The van der Waals surface area contributed by atoms with Crippen molar-refractivity contribution in [3.8, 4) is 0 Å². The van der Waals surface area contributed by atoms with Gasteiger partial charge in [-0.1, -0.05) is 41.4 Å². The van der Waals surface area contributed by atoms with Gasteiger partial charge >= 0.3 is 5.97 Å². The Bertz CT molecular complexity index is 587. The van der Waals surface area contributed by atoms with Crippen LogP contribution in [0.1, 0.15) is 12.0 Å². The Morgan fingerprint density at radius 3 is 2.48 bits per heavy atom. The molecule has 9 heteroatoms. The average molecular weight is 334 g/mol. The van der Waals surface area contributed by atoms with Crippen LogP contribution in [0.25, 0.3) is 0 Å². The van der Waals surface area contributed by atoms with E-state index in [2.05, 4.69) is 4.72 Å². The highest BCUT2D eigenvalue weighted by molar-refractivity contribution is 7.89. The number of benzene rings is 1. The van der Waals surface area contributed by atoms with Crippen molar-refractivity contribution in [2.75, 3.05) is 11.5 Å². The molecule has 1 unspecified atom stereocenters. The first kappa shape index (κ1) is 17.8. The Labute approximate surface area is 125 Å². The molecule has 0 aromatic heterocycles. The topological polar surface area (TPSA) is 124 Å². The molecule has 21 heavy (non-hydrogen) atoms. The van der Waals surface area contributed by atoms with Gasteiger partial charge in [-0.05, 0) is 18.4 Å². The summed E-state index contributed by atoms with van der Waals surface area (Å²) in [5.74, 6) is -1.99. The number of carbonyl (C=O) groups is 1. The summed E-state index contributed by atoms with van der Waals surface area (Å²) in [6.07, 6.45) is -0.0635. The molecule has 0 saturated heterocycles. The van der Waals surface area contributed by atoms with Crippen molar-refractivity contribution >= 4 is 27.1 Å². The summed E-state index contributed by atoms with van der Waals surface area (Å²) >= 11 is -2.31. The molecule has 0 saturated carbocycles. The molecule has 2 atom stereocenters. The molecule has 0 aliphatic carbocycles. The molecule has 118 valence electrons. The van der Waals surface area contributed by atoms with Crippen LogP contribution in [0, 0.1) is 0 Å². The quantitative estimate of drug-likeness (QED) is 0.606. The predicted molar refractivity (Wildman–Crippen MR) is 76.9 cm³/mol. The summed E-state index contributed by atoms with van der Waals surface area (Å²) in [4.78, 5) is 11.1. The third kappa shape index (κ3) is 7.32. The van der Waals surface area contributed by atoms with Crippen molar-refractivity contribution in [1.82, 2.24) is 4.72 Å². The van der Waals surface area contributed by atoms with Gasteiger partial charge in [0.1, 0.15) is 6.04 Å². The van der Waals surface area contributed by atoms with Crippen molar-refractivity contribution in [1.29, 1.82) is 0 Å². The summed E-state index contributed by atoms with van der Waals surface area (Å²) < 4.78 is 46.3. The molecule has 0 heterocycles. The maximum absolute atomic E-state index is 11.7. The van der Waals surface area contributed by atoms with Crippen LogP contribution < -0.4 is 4.72 Å². The molecule has 0 aliphatic rings. The van der Waals surface area contributed by atoms with Crippen molar-refractivity contribution in [2.45, 2.75) is 18.9 Å². The highest BCUT2D eigenvalue weighted by Crippen LogP contribution is 2.05. The van der Waals surface area contributed by atoms with Crippen LogP contribution in [0.3, 0.4) is 0 Å². The lowest BCUT2D eigenvalue weighted by Gasteiger charge is -2.15. The van der Waals surface area contributed by atoms with Crippen molar-refractivity contribution in [3.63, 3.8) is 0 Å². The zero-order valence-corrected chi connectivity index (χ0v) is 12.7. The van der Waals surface area contributed by atoms with E-state index < -0.39 is 38.9 Å². The van der Waals surface area contributed by atoms with Gasteiger partial charge in [-0.25, -0.2) is 13.1 Å². The smallest absolute Gasteiger partial charge is 0.322 e. The zero-order valence-electron chi connectivity index (χ0n) is 11.1. The fourth-order valence-corrected chi connectivity index (χ4v) is 3.49. The number of aliphatic carboxylic acids is 1. The van der Waals surface area contributed by atoms with E-state index in [1.165, 1.54) is 0 Å². The van der Waals surface area contributed by atoms with Crippen molar-refractivity contribution in [2.24, 2.45) is 0 Å². The zero-order chi connectivity index (χ0) is 15.9. The highest BCUT2D eigenvalue weighted by atomic mass is 32.2. The number of sulfonamides is 1. The van der Waals surface area contributed by atoms with Gasteiger partial charge in [0.05, 0.1) is 5.75 Å². The number of hydrogen-bond acceptors (Lipinski definition) is 5. The van der Waals surface area contributed by atoms with Crippen LogP contribution in [0.5, 0.6) is 0 Å². The van der Waals surface area contributed by atoms with Gasteiger partial charge in [-0.15, -0.1) is 0 Å². The van der Waals surface area contributed by atoms with Crippen LogP contribution in [0.15, 0.2) is 30.3 Å². The Morgan fingerprint density at radius 1 is 1.33 bits per heavy atom. The van der Waals surface area contributed by atoms with Gasteiger partial charge in [-0.3, -0.25) is 9.00 Å². The third-order valence-corrected chi connectivity index (χ3v) is 4.72. The average Bonchev–Trinajstić information content (AvgIpc) is 2.38. The summed E-state index contributed by atoms with van der Waals surface area (Å²) in [7, 11) is -3.85. The van der Waals surface area contributed by atoms with Crippen molar-refractivity contribution in [3.05, 3.63) is 35.9 Å². The fraction of sp³-hybridized carbons (Fsp3) is 0.417. The maximum atomic E-state index is 11.7. The second-order valence-corrected chi connectivity index (χ2v) is 7.27. The van der Waals surface area contributed by atoms with Crippen molar-refractivity contribution < 1.29 is 27.1 Å². The largest absolute Gasteiger partial charge is 0.772 e. The molecule has 0 aliphatic heterocycles. The van der Waals surface area contributed by atoms with E-state index in [4.69, 9.17) is 5.11 Å². The molecule has 0 radical (unpaired) electrons. The Balaban J connectivity index is 2.65. The summed E-state index contributed by atoms with van der Waals surface area (Å²) in [6, 6.07) is 7.34. The third-order valence-electron chi connectivity index (χ3n) is 2.63. The number of carboxylic acids is 1. The minimum absolute atomic E-state index is 0.0168. The molecule has 1 aromatic carbocycles. The second-order valence-electron chi connectivity index (χ2n) is 4.38. The molecular weight excluding hydrogens is 318 g/mol. The standard InChI is InChI=1S/C12H17NO6S2/c14-12(15)11(9-10-5-2-1-3-6-10)13-21(18,19)8-4-7-20(16)17/h1-3,5-6,11,13H,4,7-9H2,(H,14,15)(H,16,17)/p-1/t11-/m0/s1. The van der Waals surface area contributed by atoms with E-state index in [0.29, 0.717) is 5.56 Å². The molecule has 1 rings (SSSR count). The van der Waals surface area contributed by atoms with Crippen LogP contribution in [0.2, 0.25) is 0 Å². The van der Waals surface area contributed by atoms with Gasteiger partial charge in [0.25, 0.3) is 0 Å². The first-order valence-corrected chi connectivity index (χ1v) is 9.02. The molecule has 0 amide bonds. The van der Waals surface area contributed by atoms with E-state index in [9.17, 15) is 22.0 Å². The minimum Gasteiger partial charge on any atom is -0.772 e. The van der Waals surface area contributed by atoms with E-state index in [1.807, 2.05) is 0 Å². The monoisotopic (exact) mass is 334 g/mol. The van der Waals surface area contributed by atoms with Crippen LogP contribution in [-0.4, -0.2) is 45.8 Å². The lowest BCUT2D eigenvalue weighted by Crippen LogP contribution is -2.43. The molecule has 0 bridgehead atoms. The highest BCUT2D eigenvalue weighted by Gasteiger charge is 2.23. The Kier molecular flexibility index (Phi) is 6.96. The van der Waals surface area contributed by atoms with E-state index in [0.717, 1.165) is 0 Å². The van der Waals surface area contributed by atoms with Gasteiger partial charge in [-0.2, -0.15) is 0 Å². The maximum Gasteiger partial charge on any atom is 0.322 e. The number of rotatable bonds is 9. The number of hydrogen-bond donors (Lipinski definition) is 2. The van der Waals surface area contributed by atoms with Gasteiger partial charge in [0.2, 0.25) is 10.0 Å². The SMILES string of the molecule is O=C(O)[C@H](Cc1ccccc1)NS(=O)(=O)CCCS(=O)[O-]. The molecule has 0 spiro atoms.